The molecule has 0 aromatic rings. The molecule has 1 unspecified atom stereocenters. The lowest BCUT2D eigenvalue weighted by atomic mass is 9.93. The SMILES string of the molecule is C=CC(C)O[SiH2]CCC(F)(F)C(F)(F)C(F)(F)C(F)(F)C(F)(F)C(F)(F)F. The van der Waals surface area contributed by atoms with Gasteiger partial charge in [0.1, 0.15) is 0 Å². The first kappa shape index (κ1) is 26.0. The monoisotopic (exact) mass is 448 g/mol. The van der Waals surface area contributed by atoms with Crippen molar-refractivity contribution in [3.8, 4) is 0 Å². The number of halogens is 13. The number of hydrogen-bond acceptors (Lipinski definition) is 1. The van der Waals surface area contributed by atoms with Crippen LogP contribution in [-0.4, -0.2) is 51.7 Å². The third kappa shape index (κ3) is 4.54. The molecule has 0 aliphatic heterocycles. The zero-order valence-electron chi connectivity index (χ0n) is 13.3. The van der Waals surface area contributed by atoms with Gasteiger partial charge in [-0.15, -0.1) is 6.58 Å². The molecule has 0 radical (unpaired) electrons. The van der Waals surface area contributed by atoms with Crippen molar-refractivity contribution in [3.63, 3.8) is 0 Å². The van der Waals surface area contributed by atoms with E-state index in [2.05, 4.69) is 6.58 Å². The van der Waals surface area contributed by atoms with Crippen LogP contribution in [0, 0.1) is 0 Å². The molecule has 0 amide bonds. The van der Waals surface area contributed by atoms with Crippen LogP contribution in [0.4, 0.5) is 57.1 Å². The minimum atomic E-state index is -7.85. The second-order valence-electron chi connectivity index (χ2n) is 5.41. The molecule has 0 saturated heterocycles. The fourth-order valence-corrected chi connectivity index (χ4v) is 2.85. The molecule has 0 saturated carbocycles. The number of rotatable bonds is 10. The Morgan fingerprint density at radius 2 is 1.19 bits per heavy atom. The van der Waals surface area contributed by atoms with Crippen LogP contribution in [0.15, 0.2) is 12.7 Å². The van der Waals surface area contributed by atoms with Gasteiger partial charge >= 0.3 is 35.8 Å². The Hall–Kier alpha value is -0.993. The molecule has 0 N–H and O–H groups in total. The third-order valence-corrected chi connectivity index (χ3v) is 4.75. The predicted octanol–water partition coefficient (Wildman–Crippen LogP) is 5.21. The molecule has 0 spiro atoms. The standard InChI is InChI=1S/C12H13F13OSi/c1-3-6(2)26-27-5-4-7(13,14)8(15,16)9(17,18)10(19,20)11(21,22)12(23,24)25/h3,6H,1,4-5,27H2,2H3. The first-order chi connectivity index (χ1) is 11.7. The van der Waals surface area contributed by atoms with Crippen LogP contribution >= 0.6 is 0 Å². The van der Waals surface area contributed by atoms with E-state index in [0.29, 0.717) is 0 Å². The van der Waals surface area contributed by atoms with E-state index < -0.39 is 64.1 Å². The third-order valence-electron chi connectivity index (χ3n) is 3.35. The Morgan fingerprint density at radius 1 is 0.778 bits per heavy atom. The summed E-state index contributed by atoms with van der Waals surface area (Å²) in [5, 5.41) is 0. The Morgan fingerprint density at radius 3 is 1.56 bits per heavy atom. The maximum absolute atomic E-state index is 13.4. The van der Waals surface area contributed by atoms with Gasteiger partial charge in [-0.1, -0.05) is 6.08 Å². The molecule has 162 valence electrons. The van der Waals surface area contributed by atoms with Crippen molar-refractivity contribution in [3.05, 3.63) is 12.7 Å². The molecule has 0 aliphatic carbocycles. The van der Waals surface area contributed by atoms with Gasteiger partial charge in [-0.05, 0) is 13.0 Å². The van der Waals surface area contributed by atoms with Gasteiger partial charge in [0.15, 0.2) is 9.76 Å². The van der Waals surface area contributed by atoms with Crippen LogP contribution in [0.3, 0.4) is 0 Å². The maximum atomic E-state index is 13.4. The number of hydrogen-bond donors (Lipinski definition) is 0. The quantitative estimate of drug-likeness (QED) is 0.193. The molecule has 0 aromatic heterocycles. The van der Waals surface area contributed by atoms with Crippen LogP contribution in [0.1, 0.15) is 13.3 Å². The molecule has 1 atom stereocenters. The second-order valence-corrected chi connectivity index (χ2v) is 6.86. The Balaban J connectivity index is 5.64. The molecule has 0 heterocycles. The van der Waals surface area contributed by atoms with Crippen molar-refractivity contribution in [2.24, 2.45) is 0 Å². The molecular formula is C12H13F13OSi. The molecular weight excluding hydrogens is 435 g/mol. The van der Waals surface area contributed by atoms with Crippen LogP contribution in [-0.2, 0) is 4.43 Å². The lowest BCUT2D eigenvalue weighted by molar-refractivity contribution is -0.439. The molecule has 1 nitrogen and oxygen atoms in total. The maximum Gasteiger partial charge on any atom is 0.460 e. The van der Waals surface area contributed by atoms with E-state index in [1.54, 1.807) is 0 Å². The Bertz CT molecular complexity index is 514. The lowest BCUT2D eigenvalue weighted by Gasteiger charge is -2.39. The summed E-state index contributed by atoms with van der Waals surface area (Å²) in [6.45, 7) is 4.56. The average molecular weight is 448 g/mol. The van der Waals surface area contributed by atoms with Gasteiger partial charge in [0.2, 0.25) is 0 Å². The molecule has 0 rings (SSSR count). The van der Waals surface area contributed by atoms with E-state index in [9.17, 15) is 57.1 Å². The van der Waals surface area contributed by atoms with E-state index in [1.165, 1.54) is 6.92 Å². The topological polar surface area (TPSA) is 9.23 Å². The Kier molecular flexibility index (Phi) is 7.51. The zero-order chi connectivity index (χ0) is 22.1. The van der Waals surface area contributed by atoms with Gasteiger partial charge in [-0.2, -0.15) is 57.1 Å². The van der Waals surface area contributed by atoms with E-state index in [-0.39, 0.29) is 0 Å². The highest BCUT2D eigenvalue weighted by molar-refractivity contribution is 6.27. The molecule has 0 aliphatic rings. The minimum absolute atomic E-state index is 0.720. The van der Waals surface area contributed by atoms with E-state index in [4.69, 9.17) is 4.43 Å². The van der Waals surface area contributed by atoms with Crippen LogP contribution < -0.4 is 0 Å². The first-order valence-corrected chi connectivity index (χ1v) is 8.48. The van der Waals surface area contributed by atoms with E-state index >= 15 is 0 Å². The summed E-state index contributed by atoms with van der Waals surface area (Å²) < 4.78 is 171. The average Bonchev–Trinajstić information content (AvgIpc) is 2.49. The molecule has 0 aromatic carbocycles. The summed E-state index contributed by atoms with van der Waals surface area (Å²) in [5.74, 6) is -36.5. The van der Waals surface area contributed by atoms with Crippen molar-refractivity contribution in [1.29, 1.82) is 0 Å². The van der Waals surface area contributed by atoms with Gasteiger partial charge < -0.3 is 4.43 Å². The van der Waals surface area contributed by atoms with Crippen molar-refractivity contribution in [2.45, 2.75) is 61.3 Å². The van der Waals surface area contributed by atoms with Crippen LogP contribution in [0.5, 0.6) is 0 Å². The first-order valence-electron chi connectivity index (χ1n) is 6.90. The van der Waals surface area contributed by atoms with Crippen LogP contribution in [0.2, 0.25) is 6.04 Å². The summed E-state index contributed by atoms with van der Waals surface area (Å²) in [4.78, 5) is 0. The summed E-state index contributed by atoms with van der Waals surface area (Å²) in [5.41, 5.74) is 0. The second kappa shape index (κ2) is 7.79. The highest BCUT2D eigenvalue weighted by Gasteiger charge is 2.90. The largest absolute Gasteiger partial charge is 0.460 e. The lowest BCUT2D eigenvalue weighted by Crippen LogP contribution is -2.70. The zero-order valence-corrected chi connectivity index (χ0v) is 14.7. The fraction of sp³-hybridized carbons (Fsp3) is 0.833. The number of alkyl halides is 13. The van der Waals surface area contributed by atoms with Crippen molar-refractivity contribution in [2.75, 3.05) is 0 Å². The molecule has 15 heteroatoms. The normalized spacial score (nSPS) is 16.8. The van der Waals surface area contributed by atoms with Gasteiger partial charge in [-0.25, -0.2) is 0 Å². The van der Waals surface area contributed by atoms with Crippen LogP contribution in [0.25, 0.3) is 0 Å². The highest BCUT2D eigenvalue weighted by atomic mass is 28.2. The smallest absolute Gasteiger partial charge is 0.418 e. The molecule has 27 heavy (non-hydrogen) atoms. The molecule has 0 bridgehead atoms. The van der Waals surface area contributed by atoms with Gasteiger partial charge in [0.05, 0.1) is 6.10 Å². The molecule has 0 fully saturated rings. The minimum Gasteiger partial charge on any atom is -0.418 e. The van der Waals surface area contributed by atoms with Crippen molar-refractivity contribution in [1.82, 2.24) is 0 Å². The summed E-state index contributed by atoms with van der Waals surface area (Å²) in [6, 6.07) is -0.988. The fourth-order valence-electron chi connectivity index (χ4n) is 1.59. The Labute approximate surface area is 146 Å². The van der Waals surface area contributed by atoms with Gasteiger partial charge in [0.25, 0.3) is 0 Å². The van der Waals surface area contributed by atoms with Crippen molar-refractivity contribution < 1.29 is 61.5 Å². The van der Waals surface area contributed by atoms with Crippen molar-refractivity contribution >= 4 is 9.76 Å². The van der Waals surface area contributed by atoms with E-state index in [1.807, 2.05) is 0 Å². The summed E-state index contributed by atoms with van der Waals surface area (Å²) in [6.07, 6.45) is -9.15. The highest BCUT2D eigenvalue weighted by Crippen LogP contribution is 2.60. The van der Waals surface area contributed by atoms with E-state index in [0.717, 1.165) is 6.08 Å². The van der Waals surface area contributed by atoms with Gasteiger partial charge in [-0.3, -0.25) is 0 Å². The predicted molar refractivity (Wildman–Crippen MR) is 69.5 cm³/mol. The summed E-state index contributed by atoms with van der Waals surface area (Å²) in [7, 11) is -2.06. The van der Waals surface area contributed by atoms with Gasteiger partial charge in [0, 0.05) is 6.42 Å². The summed E-state index contributed by atoms with van der Waals surface area (Å²) >= 11 is 0.